The molecule has 18 heavy (non-hydrogen) atoms. The Labute approximate surface area is 110 Å². The van der Waals surface area contributed by atoms with Crippen molar-refractivity contribution in [3.8, 4) is 6.07 Å². The quantitative estimate of drug-likeness (QED) is 0.750. The van der Waals surface area contributed by atoms with Crippen LogP contribution >= 0.6 is 0 Å². The van der Waals surface area contributed by atoms with Gasteiger partial charge in [0.25, 0.3) is 0 Å². The van der Waals surface area contributed by atoms with Crippen molar-refractivity contribution in [1.82, 2.24) is 10.3 Å². The number of nitrogens with zero attached hydrogens (tertiary/aromatic N) is 2. The fourth-order valence-corrected chi connectivity index (χ4v) is 1.78. The number of aromatic nitrogens is 1. The second-order valence-electron chi connectivity index (χ2n) is 5.43. The molecule has 0 fully saturated rings. The van der Waals surface area contributed by atoms with Crippen molar-refractivity contribution in [3.05, 3.63) is 29.6 Å². The monoisotopic (exact) mass is 245 g/mol. The molecule has 0 spiro atoms. The van der Waals surface area contributed by atoms with E-state index >= 15 is 0 Å². The number of rotatable bonds is 7. The Balaban J connectivity index is 2.13. The highest BCUT2D eigenvalue weighted by molar-refractivity contribution is 5.20. The van der Waals surface area contributed by atoms with Gasteiger partial charge in [-0.1, -0.05) is 6.42 Å². The van der Waals surface area contributed by atoms with Gasteiger partial charge >= 0.3 is 0 Å². The van der Waals surface area contributed by atoms with Crippen LogP contribution in [0.25, 0.3) is 0 Å². The molecule has 1 N–H and O–H groups in total. The van der Waals surface area contributed by atoms with Gasteiger partial charge in [0, 0.05) is 18.9 Å². The summed E-state index contributed by atoms with van der Waals surface area (Å²) in [4.78, 5) is 4.13. The first kappa shape index (κ1) is 14.7. The summed E-state index contributed by atoms with van der Waals surface area (Å²) in [6.07, 6.45) is 6.92. The highest BCUT2D eigenvalue weighted by Gasteiger charge is 2.15. The highest BCUT2D eigenvalue weighted by Crippen LogP contribution is 2.21. The lowest BCUT2D eigenvalue weighted by molar-refractivity contribution is 0.422. The first-order chi connectivity index (χ1) is 8.55. The third-order valence-electron chi connectivity index (χ3n) is 3.17. The molecule has 1 aromatic rings. The average molecular weight is 245 g/mol. The van der Waals surface area contributed by atoms with E-state index in [-0.39, 0.29) is 5.41 Å². The smallest absolute Gasteiger partial charge is 0.0683 e. The molecule has 0 saturated carbocycles. The fraction of sp³-hybridized carbons (Fsp3) is 0.600. The molecule has 1 aromatic heterocycles. The predicted octanol–water partition coefficient (Wildman–Crippen LogP) is 3.20. The third-order valence-corrected chi connectivity index (χ3v) is 3.17. The van der Waals surface area contributed by atoms with E-state index in [0.717, 1.165) is 32.4 Å². The average Bonchev–Trinajstić information content (AvgIpc) is 2.35. The van der Waals surface area contributed by atoms with Gasteiger partial charge in [-0.15, -0.1) is 0 Å². The molecule has 0 amide bonds. The van der Waals surface area contributed by atoms with Crippen molar-refractivity contribution >= 4 is 0 Å². The molecule has 0 radical (unpaired) electrons. The molecule has 1 rings (SSSR count). The molecule has 3 heteroatoms. The summed E-state index contributed by atoms with van der Waals surface area (Å²) in [7, 11) is 0. The predicted molar refractivity (Wildman–Crippen MR) is 73.9 cm³/mol. The van der Waals surface area contributed by atoms with Crippen molar-refractivity contribution < 1.29 is 0 Å². The summed E-state index contributed by atoms with van der Waals surface area (Å²) in [5, 5.41) is 12.3. The summed E-state index contributed by atoms with van der Waals surface area (Å²) >= 11 is 0. The van der Waals surface area contributed by atoms with Crippen LogP contribution in [-0.4, -0.2) is 11.5 Å². The molecular weight excluding hydrogens is 222 g/mol. The Bertz CT molecular complexity index is 404. The molecular formula is C15H23N3. The van der Waals surface area contributed by atoms with Crippen LogP contribution in [0.5, 0.6) is 0 Å². The number of aryl methyl sites for hydroxylation is 1. The SMILES string of the molecule is Cc1ccncc1CNCCCCC(C)(C)C#N. The Kier molecular flexibility index (Phi) is 5.80. The minimum Gasteiger partial charge on any atom is -0.313 e. The summed E-state index contributed by atoms with van der Waals surface area (Å²) in [6.45, 7) is 7.98. The Morgan fingerprint density at radius 2 is 2.17 bits per heavy atom. The molecule has 98 valence electrons. The van der Waals surface area contributed by atoms with Crippen LogP contribution in [0.4, 0.5) is 0 Å². The second kappa shape index (κ2) is 7.13. The van der Waals surface area contributed by atoms with E-state index in [9.17, 15) is 0 Å². The maximum Gasteiger partial charge on any atom is 0.0683 e. The number of nitriles is 1. The van der Waals surface area contributed by atoms with Crippen molar-refractivity contribution in [3.63, 3.8) is 0 Å². The van der Waals surface area contributed by atoms with E-state index < -0.39 is 0 Å². The molecule has 0 bridgehead atoms. The summed E-state index contributed by atoms with van der Waals surface area (Å²) < 4.78 is 0. The fourth-order valence-electron chi connectivity index (χ4n) is 1.78. The van der Waals surface area contributed by atoms with Gasteiger partial charge in [-0.25, -0.2) is 0 Å². The van der Waals surface area contributed by atoms with Gasteiger partial charge in [-0.3, -0.25) is 4.98 Å². The zero-order valence-electron chi connectivity index (χ0n) is 11.7. The van der Waals surface area contributed by atoms with Crippen molar-refractivity contribution in [1.29, 1.82) is 5.26 Å². The summed E-state index contributed by atoms with van der Waals surface area (Å²) in [5.41, 5.74) is 2.36. The van der Waals surface area contributed by atoms with Gasteiger partial charge in [0.1, 0.15) is 0 Å². The molecule has 0 aliphatic rings. The van der Waals surface area contributed by atoms with E-state index in [1.165, 1.54) is 11.1 Å². The van der Waals surface area contributed by atoms with Gasteiger partial charge in [-0.05, 0) is 57.4 Å². The van der Waals surface area contributed by atoms with Crippen LogP contribution < -0.4 is 5.32 Å². The van der Waals surface area contributed by atoms with Crippen LogP contribution in [0, 0.1) is 23.7 Å². The minimum atomic E-state index is -0.181. The van der Waals surface area contributed by atoms with Gasteiger partial charge in [-0.2, -0.15) is 5.26 Å². The van der Waals surface area contributed by atoms with Gasteiger partial charge in [0.15, 0.2) is 0 Å². The highest BCUT2D eigenvalue weighted by atomic mass is 14.8. The topological polar surface area (TPSA) is 48.7 Å². The summed E-state index contributed by atoms with van der Waals surface area (Å²) in [6, 6.07) is 4.37. The second-order valence-corrected chi connectivity index (χ2v) is 5.43. The molecule has 0 aromatic carbocycles. The number of nitrogens with one attached hydrogen (secondary N) is 1. The van der Waals surface area contributed by atoms with Gasteiger partial charge < -0.3 is 5.32 Å². The van der Waals surface area contributed by atoms with Gasteiger partial charge in [0.2, 0.25) is 0 Å². The van der Waals surface area contributed by atoms with Gasteiger partial charge in [0.05, 0.1) is 11.5 Å². The number of hydrogen-bond donors (Lipinski definition) is 1. The van der Waals surface area contributed by atoms with E-state index in [4.69, 9.17) is 5.26 Å². The standard InChI is InChI=1S/C15H23N3/c1-13-6-9-18-11-14(13)10-17-8-5-4-7-15(2,3)12-16/h6,9,11,17H,4-5,7-8,10H2,1-3H3. The molecule has 0 atom stereocenters. The maximum absolute atomic E-state index is 8.90. The van der Waals surface area contributed by atoms with Crippen LogP contribution in [-0.2, 0) is 6.54 Å². The van der Waals surface area contributed by atoms with Crippen LogP contribution in [0.15, 0.2) is 18.5 Å². The molecule has 1 heterocycles. The van der Waals surface area contributed by atoms with E-state index in [1.807, 2.05) is 32.3 Å². The third kappa shape index (κ3) is 5.29. The molecule has 3 nitrogen and oxygen atoms in total. The van der Waals surface area contributed by atoms with Crippen LogP contribution in [0.1, 0.15) is 44.2 Å². The number of unbranched alkanes of at least 4 members (excludes halogenated alkanes) is 1. The van der Waals surface area contributed by atoms with Crippen molar-refractivity contribution in [2.75, 3.05) is 6.54 Å². The maximum atomic E-state index is 8.90. The lowest BCUT2D eigenvalue weighted by Crippen LogP contribution is -2.16. The molecule has 0 unspecified atom stereocenters. The molecule has 0 saturated heterocycles. The summed E-state index contributed by atoms with van der Waals surface area (Å²) in [5.74, 6) is 0. The molecule has 0 aliphatic carbocycles. The zero-order chi connectivity index (χ0) is 13.4. The first-order valence-corrected chi connectivity index (χ1v) is 6.56. The van der Waals surface area contributed by atoms with E-state index in [2.05, 4.69) is 23.3 Å². The molecule has 0 aliphatic heterocycles. The van der Waals surface area contributed by atoms with Crippen LogP contribution in [0.2, 0.25) is 0 Å². The minimum absolute atomic E-state index is 0.181. The van der Waals surface area contributed by atoms with Crippen molar-refractivity contribution in [2.24, 2.45) is 5.41 Å². The van der Waals surface area contributed by atoms with E-state index in [1.54, 1.807) is 0 Å². The lowest BCUT2D eigenvalue weighted by Gasteiger charge is -2.14. The van der Waals surface area contributed by atoms with E-state index in [0.29, 0.717) is 0 Å². The number of hydrogen-bond acceptors (Lipinski definition) is 3. The zero-order valence-corrected chi connectivity index (χ0v) is 11.7. The first-order valence-electron chi connectivity index (χ1n) is 6.56. The number of pyridine rings is 1. The Morgan fingerprint density at radius 3 is 2.83 bits per heavy atom. The largest absolute Gasteiger partial charge is 0.313 e. The van der Waals surface area contributed by atoms with Crippen LogP contribution in [0.3, 0.4) is 0 Å². The van der Waals surface area contributed by atoms with Crippen molar-refractivity contribution in [2.45, 2.75) is 46.6 Å². The Morgan fingerprint density at radius 1 is 1.39 bits per heavy atom. The normalized spacial score (nSPS) is 11.2. The lowest BCUT2D eigenvalue weighted by atomic mass is 9.89. The Hall–Kier alpha value is -1.40.